The van der Waals surface area contributed by atoms with E-state index in [-0.39, 0.29) is 11.8 Å². The second-order valence-corrected chi connectivity index (χ2v) is 4.04. The summed E-state index contributed by atoms with van der Waals surface area (Å²) in [5, 5.41) is 8.24. The van der Waals surface area contributed by atoms with Gasteiger partial charge >= 0.3 is 0 Å². The second kappa shape index (κ2) is 5.55. The van der Waals surface area contributed by atoms with Crippen LogP contribution >= 0.6 is 11.6 Å². The first-order valence-corrected chi connectivity index (χ1v) is 4.69. The van der Waals surface area contributed by atoms with Crippen LogP contribution in [-0.4, -0.2) is 17.0 Å². The molecule has 0 bridgehead atoms. The van der Waals surface area contributed by atoms with Crippen LogP contribution in [0.4, 0.5) is 0 Å². The highest BCUT2D eigenvalue weighted by Gasteiger charge is 2.24. The Morgan fingerprint density at radius 1 is 1.33 bits per heavy atom. The van der Waals surface area contributed by atoms with E-state index in [2.05, 4.69) is 0 Å². The Bertz CT molecular complexity index is 143. The number of aliphatic hydroxyl groups is 1. The van der Waals surface area contributed by atoms with E-state index in [9.17, 15) is 4.79 Å². The van der Waals surface area contributed by atoms with Crippen molar-refractivity contribution in [1.82, 2.24) is 0 Å². The summed E-state index contributed by atoms with van der Waals surface area (Å²) in [4.78, 5) is 10.8. The van der Waals surface area contributed by atoms with Crippen LogP contribution in [0.5, 0.6) is 0 Å². The van der Waals surface area contributed by atoms with Gasteiger partial charge < -0.3 is 5.11 Å². The molecule has 0 fully saturated rings. The Hall–Kier alpha value is -0.0800. The molecule has 72 valence electrons. The van der Waals surface area contributed by atoms with Crippen LogP contribution in [0.2, 0.25) is 0 Å². The molecular formula is C9H17ClO2. The van der Waals surface area contributed by atoms with Crippen LogP contribution in [-0.2, 0) is 4.79 Å². The lowest BCUT2D eigenvalue weighted by Gasteiger charge is -2.18. The molecule has 12 heavy (non-hydrogen) atoms. The Kier molecular flexibility index (Phi) is 5.51. The van der Waals surface area contributed by atoms with Crippen molar-refractivity contribution >= 4 is 16.8 Å². The predicted molar refractivity (Wildman–Crippen MR) is 50.2 cm³/mol. The lowest BCUT2D eigenvalue weighted by Crippen LogP contribution is -2.19. The minimum atomic E-state index is -0.406. The maximum Gasteiger partial charge on any atom is 0.227 e. The number of aliphatic hydroxyl groups excluding tert-OH is 1. The minimum Gasteiger partial charge on any atom is -0.396 e. The number of halogens is 1. The van der Waals surface area contributed by atoms with Crippen molar-refractivity contribution in [2.45, 2.75) is 39.5 Å². The fourth-order valence-corrected chi connectivity index (χ4v) is 1.05. The topological polar surface area (TPSA) is 37.3 Å². The van der Waals surface area contributed by atoms with Gasteiger partial charge in [0.25, 0.3) is 0 Å². The van der Waals surface area contributed by atoms with Gasteiger partial charge in [0.2, 0.25) is 5.24 Å². The lowest BCUT2D eigenvalue weighted by molar-refractivity contribution is -0.119. The first-order chi connectivity index (χ1) is 5.50. The smallest absolute Gasteiger partial charge is 0.227 e. The van der Waals surface area contributed by atoms with E-state index < -0.39 is 5.41 Å². The van der Waals surface area contributed by atoms with E-state index in [1.165, 1.54) is 0 Å². The van der Waals surface area contributed by atoms with E-state index >= 15 is 0 Å². The molecule has 1 N–H and O–H groups in total. The maximum atomic E-state index is 10.8. The van der Waals surface area contributed by atoms with Gasteiger partial charge in [-0.1, -0.05) is 26.7 Å². The van der Waals surface area contributed by atoms with Gasteiger partial charge in [-0.05, 0) is 24.4 Å². The summed E-state index contributed by atoms with van der Waals surface area (Å²) in [6.07, 6.45) is 3.53. The van der Waals surface area contributed by atoms with E-state index in [0.717, 1.165) is 25.7 Å². The van der Waals surface area contributed by atoms with Crippen LogP contribution < -0.4 is 0 Å². The monoisotopic (exact) mass is 192 g/mol. The van der Waals surface area contributed by atoms with Crippen molar-refractivity contribution in [3.05, 3.63) is 0 Å². The van der Waals surface area contributed by atoms with Gasteiger partial charge in [-0.25, -0.2) is 0 Å². The number of rotatable bonds is 6. The van der Waals surface area contributed by atoms with Gasteiger partial charge in [-0.15, -0.1) is 0 Å². The van der Waals surface area contributed by atoms with E-state index in [0.29, 0.717) is 0 Å². The Morgan fingerprint density at radius 3 is 2.33 bits per heavy atom. The number of unbranched alkanes of at least 4 members (excludes halogenated alkanes) is 2. The molecule has 0 aliphatic carbocycles. The minimum absolute atomic E-state index is 0.231. The molecule has 0 aromatic carbocycles. The zero-order chi connectivity index (χ0) is 9.61. The number of carbonyl (C=O) groups is 1. The molecule has 0 aliphatic rings. The van der Waals surface area contributed by atoms with Crippen molar-refractivity contribution < 1.29 is 9.90 Å². The summed E-state index contributed by atoms with van der Waals surface area (Å²) in [6, 6.07) is 0. The fourth-order valence-electron chi connectivity index (χ4n) is 0.954. The third kappa shape index (κ3) is 4.73. The molecule has 0 heterocycles. The summed E-state index contributed by atoms with van der Waals surface area (Å²) in [5.41, 5.74) is -0.406. The molecule has 2 nitrogen and oxygen atoms in total. The third-order valence-corrected chi connectivity index (χ3v) is 2.50. The predicted octanol–water partition coefficient (Wildman–Crippen LogP) is 2.33. The number of hydrogen-bond donors (Lipinski definition) is 1. The first-order valence-electron chi connectivity index (χ1n) is 4.31. The number of carbonyl (C=O) groups excluding carboxylic acids is 1. The molecule has 0 saturated carbocycles. The highest BCUT2D eigenvalue weighted by molar-refractivity contribution is 6.64. The summed E-state index contributed by atoms with van der Waals surface area (Å²) in [5.74, 6) is 0. The van der Waals surface area contributed by atoms with Crippen molar-refractivity contribution in [2.75, 3.05) is 6.61 Å². The zero-order valence-corrected chi connectivity index (χ0v) is 8.52. The maximum absolute atomic E-state index is 10.8. The van der Waals surface area contributed by atoms with Gasteiger partial charge in [0, 0.05) is 12.0 Å². The van der Waals surface area contributed by atoms with Crippen LogP contribution in [0, 0.1) is 5.41 Å². The molecule has 3 heteroatoms. The SMILES string of the molecule is CC(C)(CCCCCO)C(=O)Cl. The molecule has 0 unspecified atom stereocenters. The van der Waals surface area contributed by atoms with Gasteiger partial charge in [0.15, 0.2) is 0 Å². The highest BCUT2D eigenvalue weighted by atomic mass is 35.5. The average molecular weight is 193 g/mol. The van der Waals surface area contributed by atoms with Crippen molar-refractivity contribution in [2.24, 2.45) is 5.41 Å². The van der Waals surface area contributed by atoms with Gasteiger partial charge in [-0.3, -0.25) is 4.79 Å². The molecule has 0 spiro atoms. The van der Waals surface area contributed by atoms with E-state index in [1.807, 2.05) is 13.8 Å². The molecule has 0 rings (SSSR count). The lowest BCUT2D eigenvalue weighted by atomic mass is 9.88. The summed E-state index contributed by atoms with van der Waals surface area (Å²) in [7, 11) is 0. The Morgan fingerprint density at radius 2 is 1.92 bits per heavy atom. The normalized spacial score (nSPS) is 11.7. The van der Waals surface area contributed by atoms with Crippen LogP contribution in [0.3, 0.4) is 0 Å². The quantitative estimate of drug-likeness (QED) is 0.518. The van der Waals surface area contributed by atoms with Crippen molar-refractivity contribution in [3.63, 3.8) is 0 Å². The Labute approximate surface area is 78.9 Å². The molecule has 0 amide bonds. The molecule has 0 aromatic heterocycles. The summed E-state index contributed by atoms with van der Waals surface area (Å²) in [6.45, 7) is 3.93. The summed E-state index contributed by atoms with van der Waals surface area (Å²) < 4.78 is 0. The summed E-state index contributed by atoms with van der Waals surface area (Å²) >= 11 is 5.39. The molecule has 0 radical (unpaired) electrons. The third-order valence-electron chi connectivity index (χ3n) is 1.99. The van der Waals surface area contributed by atoms with E-state index in [4.69, 9.17) is 16.7 Å². The highest BCUT2D eigenvalue weighted by Crippen LogP contribution is 2.26. The first kappa shape index (κ1) is 11.9. The number of hydrogen-bond acceptors (Lipinski definition) is 2. The van der Waals surface area contributed by atoms with Gasteiger partial charge in [-0.2, -0.15) is 0 Å². The molecular weight excluding hydrogens is 176 g/mol. The zero-order valence-electron chi connectivity index (χ0n) is 7.77. The standard InChI is InChI=1S/C9H17ClO2/c1-9(2,8(10)12)6-4-3-5-7-11/h11H,3-7H2,1-2H3. The van der Waals surface area contributed by atoms with Crippen molar-refractivity contribution in [3.8, 4) is 0 Å². The molecule has 0 aliphatic heterocycles. The van der Waals surface area contributed by atoms with Crippen LogP contribution in [0.15, 0.2) is 0 Å². The van der Waals surface area contributed by atoms with E-state index in [1.54, 1.807) is 0 Å². The average Bonchev–Trinajstić information content (AvgIpc) is 1.98. The Balaban J connectivity index is 3.54. The van der Waals surface area contributed by atoms with Crippen LogP contribution in [0.1, 0.15) is 39.5 Å². The molecule has 0 aromatic rings. The largest absolute Gasteiger partial charge is 0.396 e. The van der Waals surface area contributed by atoms with Crippen molar-refractivity contribution in [1.29, 1.82) is 0 Å². The van der Waals surface area contributed by atoms with Crippen LogP contribution in [0.25, 0.3) is 0 Å². The van der Waals surface area contributed by atoms with Gasteiger partial charge in [0.05, 0.1) is 0 Å². The fraction of sp³-hybridized carbons (Fsp3) is 0.889. The molecule has 0 saturated heterocycles. The second-order valence-electron chi connectivity index (χ2n) is 3.69. The van der Waals surface area contributed by atoms with Gasteiger partial charge in [0.1, 0.15) is 0 Å². The molecule has 0 atom stereocenters.